The van der Waals surface area contributed by atoms with Crippen molar-refractivity contribution in [2.24, 2.45) is 0 Å². The number of carbonyl (C=O) groups is 3. The number of hydrogen-bond acceptors (Lipinski definition) is 4. The highest BCUT2D eigenvalue weighted by Gasteiger charge is 2.16. The molecule has 5 nitrogen and oxygen atoms in total. The maximum atomic E-state index is 14.3. The maximum absolute atomic E-state index is 14.3. The molecule has 8 heteroatoms. The summed E-state index contributed by atoms with van der Waals surface area (Å²) in [6.45, 7) is 0. The van der Waals surface area contributed by atoms with E-state index in [1.165, 1.54) is 36.0 Å². The van der Waals surface area contributed by atoms with Crippen molar-refractivity contribution in [1.29, 1.82) is 0 Å². The van der Waals surface area contributed by atoms with Gasteiger partial charge in [0.1, 0.15) is 11.5 Å². The van der Waals surface area contributed by atoms with E-state index >= 15 is 0 Å². The summed E-state index contributed by atoms with van der Waals surface area (Å²) >= 11 is 7.42. The number of thioether (sulfide) groups is 1. The zero-order valence-corrected chi connectivity index (χ0v) is 21.6. The van der Waals surface area contributed by atoms with Crippen LogP contribution in [0.3, 0.4) is 0 Å². The monoisotopic (exact) mass is 544 g/mol. The standard InChI is InChI=1S/C30H22ClFN2O3S/c31-25-15-6-5-14-24(25)28(35)19-38-23-13-8-12-22(18-23)33-30(37)27(17-21-11-4-7-16-26(21)32)34-29(36)20-9-2-1-3-10-20/h1-18H,19H2,(H,33,37)(H,34,36)/b27-17-. The second kappa shape index (κ2) is 12.9. The molecule has 0 fully saturated rings. The van der Waals surface area contributed by atoms with E-state index in [1.807, 2.05) is 6.07 Å². The fourth-order valence-corrected chi connectivity index (χ4v) is 4.55. The van der Waals surface area contributed by atoms with Gasteiger partial charge in [-0.3, -0.25) is 14.4 Å². The Morgan fingerprint density at radius 2 is 1.55 bits per heavy atom. The van der Waals surface area contributed by atoms with Crippen LogP contribution in [0.15, 0.2) is 114 Å². The second-order valence-electron chi connectivity index (χ2n) is 8.07. The number of ketones is 1. The number of carbonyl (C=O) groups excluding carboxylic acids is 3. The van der Waals surface area contributed by atoms with Crippen molar-refractivity contribution in [3.63, 3.8) is 0 Å². The normalized spacial score (nSPS) is 11.1. The number of amides is 2. The lowest BCUT2D eigenvalue weighted by molar-refractivity contribution is -0.113. The van der Waals surface area contributed by atoms with Crippen LogP contribution in [-0.2, 0) is 4.79 Å². The molecule has 2 N–H and O–H groups in total. The molecule has 4 aromatic rings. The largest absolute Gasteiger partial charge is 0.321 e. The molecule has 38 heavy (non-hydrogen) atoms. The van der Waals surface area contributed by atoms with Crippen molar-refractivity contribution in [3.05, 3.63) is 136 Å². The lowest BCUT2D eigenvalue weighted by Gasteiger charge is -2.12. The zero-order valence-electron chi connectivity index (χ0n) is 20.0. The quantitative estimate of drug-likeness (QED) is 0.137. The summed E-state index contributed by atoms with van der Waals surface area (Å²) in [6, 6.07) is 28.1. The molecule has 0 bridgehead atoms. The minimum Gasteiger partial charge on any atom is -0.321 e. The Labute approximate surface area is 228 Å². The Hall–Kier alpha value is -4.20. The molecular weight excluding hydrogens is 523 g/mol. The van der Waals surface area contributed by atoms with Gasteiger partial charge in [0.05, 0.1) is 10.8 Å². The molecule has 0 aromatic heterocycles. The number of halogens is 2. The van der Waals surface area contributed by atoms with E-state index in [9.17, 15) is 18.8 Å². The van der Waals surface area contributed by atoms with Gasteiger partial charge in [-0.05, 0) is 54.6 Å². The first-order chi connectivity index (χ1) is 18.4. The van der Waals surface area contributed by atoms with Crippen LogP contribution in [0.2, 0.25) is 5.02 Å². The summed E-state index contributed by atoms with van der Waals surface area (Å²) in [5, 5.41) is 5.73. The molecule has 0 saturated carbocycles. The third kappa shape index (κ3) is 7.18. The van der Waals surface area contributed by atoms with E-state index in [2.05, 4.69) is 10.6 Å². The van der Waals surface area contributed by atoms with Crippen LogP contribution < -0.4 is 10.6 Å². The SMILES string of the molecule is O=C(Nc1cccc(SCC(=O)c2ccccc2Cl)c1)/C(=C/c1ccccc1F)NC(=O)c1ccccc1. The third-order valence-electron chi connectivity index (χ3n) is 5.37. The van der Waals surface area contributed by atoms with Crippen LogP contribution in [0.1, 0.15) is 26.3 Å². The first-order valence-corrected chi connectivity index (χ1v) is 12.9. The maximum Gasteiger partial charge on any atom is 0.272 e. The molecule has 2 amide bonds. The van der Waals surface area contributed by atoms with Gasteiger partial charge in [0, 0.05) is 27.3 Å². The first kappa shape index (κ1) is 26.9. The fraction of sp³-hybridized carbons (Fsp3) is 0.0333. The molecule has 190 valence electrons. The summed E-state index contributed by atoms with van der Waals surface area (Å²) in [4.78, 5) is 39.3. The number of anilines is 1. The lowest BCUT2D eigenvalue weighted by Crippen LogP contribution is -2.30. The molecule has 0 radical (unpaired) electrons. The van der Waals surface area contributed by atoms with Crippen LogP contribution in [0.25, 0.3) is 6.08 Å². The fourth-order valence-electron chi connectivity index (χ4n) is 3.47. The van der Waals surface area contributed by atoms with E-state index in [1.54, 1.807) is 78.9 Å². The van der Waals surface area contributed by atoms with Gasteiger partial charge in [-0.25, -0.2) is 4.39 Å². The highest BCUT2D eigenvalue weighted by atomic mass is 35.5. The predicted molar refractivity (Wildman–Crippen MR) is 150 cm³/mol. The highest BCUT2D eigenvalue weighted by Crippen LogP contribution is 2.25. The van der Waals surface area contributed by atoms with Crippen molar-refractivity contribution < 1.29 is 18.8 Å². The van der Waals surface area contributed by atoms with Gasteiger partial charge in [0.25, 0.3) is 11.8 Å². The van der Waals surface area contributed by atoms with Gasteiger partial charge in [-0.1, -0.05) is 66.2 Å². The Balaban J connectivity index is 1.50. The number of rotatable bonds is 9. The van der Waals surface area contributed by atoms with Crippen molar-refractivity contribution in [2.45, 2.75) is 4.90 Å². The Kier molecular flexibility index (Phi) is 9.08. The molecule has 0 heterocycles. The van der Waals surface area contributed by atoms with E-state index in [0.717, 1.165) is 4.90 Å². The van der Waals surface area contributed by atoms with Gasteiger partial charge in [0.2, 0.25) is 0 Å². The van der Waals surface area contributed by atoms with Crippen LogP contribution in [-0.4, -0.2) is 23.4 Å². The van der Waals surface area contributed by atoms with Crippen LogP contribution in [0.5, 0.6) is 0 Å². The lowest BCUT2D eigenvalue weighted by atomic mass is 10.1. The van der Waals surface area contributed by atoms with Gasteiger partial charge in [-0.15, -0.1) is 11.8 Å². The molecule has 0 aliphatic rings. The van der Waals surface area contributed by atoms with Crippen LogP contribution >= 0.6 is 23.4 Å². The summed E-state index contributed by atoms with van der Waals surface area (Å²) in [6.07, 6.45) is 1.28. The molecule has 4 rings (SSSR count). The summed E-state index contributed by atoms with van der Waals surface area (Å²) in [5.41, 5.74) is 1.26. The molecule has 0 saturated heterocycles. The highest BCUT2D eigenvalue weighted by molar-refractivity contribution is 8.00. The first-order valence-electron chi connectivity index (χ1n) is 11.6. The number of Topliss-reactive ketones (excluding diaryl/α,β-unsaturated/α-hetero) is 1. The van der Waals surface area contributed by atoms with E-state index in [0.29, 0.717) is 21.8 Å². The van der Waals surface area contributed by atoms with Crippen LogP contribution in [0.4, 0.5) is 10.1 Å². The average molecular weight is 545 g/mol. The number of benzene rings is 4. The van der Waals surface area contributed by atoms with Crippen molar-refractivity contribution in [2.75, 3.05) is 11.1 Å². The molecule has 0 aliphatic heterocycles. The van der Waals surface area contributed by atoms with E-state index in [-0.39, 0.29) is 22.8 Å². The van der Waals surface area contributed by atoms with Gasteiger partial charge in [-0.2, -0.15) is 0 Å². The molecular formula is C30H22ClFN2O3S. The number of hydrogen-bond donors (Lipinski definition) is 2. The average Bonchev–Trinajstić information content (AvgIpc) is 2.93. The van der Waals surface area contributed by atoms with Crippen molar-refractivity contribution in [1.82, 2.24) is 5.32 Å². The summed E-state index contributed by atoms with van der Waals surface area (Å²) < 4.78 is 14.3. The molecule has 0 unspecified atom stereocenters. The number of nitrogens with one attached hydrogen (secondary N) is 2. The van der Waals surface area contributed by atoms with Gasteiger partial charge >= 0.3 is 0 Å². The second-order valence-corrected chi connectivity index (χ2v) is 9.53. The Morgan fingerprint density at radius 1 is 0.842 bits per heavy atom. The van der Waals surface area contributed by atoms with Crippen molar-refractivity contribution in [3.8, 4) is 0 Å². The van der Waals surface area contributed by atoms with Crippen molar-refractivity contribution >= 4 is 52.7 Å². The zero-order chi connectivity index (χ0) is 26.9. The van der Waals surface area contributed by atoms with E-state index < -0.39 is 17.6 Å². The smallest absolute Gasteiger partial charge is 0.272 e. The minimum absolute atomic E-state index is 0.117. The van der Waals surface area contributed by atoms with Gasteiger partial charge in [0.15, 0.2) is 5.78 Å². The summed E-state index contributed by atoms with van der Waals surface area (Å²) in [7, 11) is 0. The third-order valence-corrected chi connectivity index (χ3v) is 6.69. The minimum atomic E-state index is -0.633. The topological polar surface area (TPSA) is 75.3 Å². The van der Waals surface area contributed by atoms with Gasteiger partial charge < -0.3 is 10.6 Å². The Bertz CT molecular complexity index is 1510. The molecule has 0 spiro atoms. The Morgan fingerprint density at radius 3 is 2.32 bits per heavy atom. The molecule has 0 atom stereocenters. The predicted octanol–water partition coefficient (Wildman–Crippen LogP) is 6.86. The molecule has 4 aromatic carbocycles. The van der Waals surface area contributed by atoms with Crippen LogP contribution in [0, 0.1) is 5.82 Å². The van der Waals surface area contributed by atoms with E-state index in [4.69, 9.17) is 11.6 Å². The molecule has 0 aliphatic carbocycles. The summed E-state index contributed by atoms with van der Waals surface area (Å²) in [5.74, 6) is -1.63.